The molecule has 3 nitrogen and oxygen atoms in total. The molecule has 0 aliphatic rings. The molecule has 1 atom stereocenters. The highest BCUT2D eigenvalue weighted by Gasteiger charge is 2.15. The van der Waals surface area contributed by atoms with Crippen molar-refractivity contribution < 1.29 is 8.78 Å². The van der Waals surface area contributed by atoms with Gasteiger partial charge in [0.15, 0.2) is 0 Å². The molecule has 2 rings (SSSR count). The minimum absolute atomic E-state index is 0.364. The van der Waals surface area contributed by atoms with E-state index in [4.69, 9.17) is 0 Å². The molecule has 18 heavy (non-hydrogen) atoms. The van der Waals surface area contributed by atoms with Gasteiger partial charge in [0, 0.05) is 12.3 Å². The number of nitrogens with zero attached hydrogens (tertiary/aromatic N) is 2. The summed E-state index contributed by atoms with van der Waals surface area (Å²) in [5, 5.41) is 2.99. The summed E-state index contributed by atoms with van der Waals surface area (Å²) in [6, 6.07) is 4.79. The van der Waals surface area contributed by atoms with E-state index >= 15 is 0 Å². The zero-order chi connectivity index (χ0) is 13.1. The third-order valence-corrected chi connectivity index (χ3v) is 2.60. The Morgan fingerprint density at radius 2 is 1.83 bits per heavy atom. The maximum Gasteiger partial charge on any atom is 0.126 e. The average molecular weight is 249 g/mol. The summed E-state index contributed by atoms with van der Waals surface area (Å²) in [6.45, 7) is 1.77. The van der Waals surface area contributed by atoms with Gasteiger partial charge in [0.2, 0.25) is 0 Å². The predicted octanol–water partition coefficient (Wildman–Crippen LogP) is 2.37. The standard InChI is InChI=1S/C13H13F2N3/c1-8-17-4-3-12(18-8)13(16-2)9-5-10(14)7-11(15)6-9/h3-7,13,16H,1-2H3. The SMILES string of the molecule is CNC(c1cc(F)cc(F)c1)c1ccnc(C)n1. The van der Waals surface area contributed by atoms with Gasteiger partial charge in [-0.3, -0.25) is 0 Å². The minimum atomic E-state index is -0.601. The molecule has 5 heteroatoms. The summed E-state index contributed by atoms with van der Waals surface area (Å²) >= 11 is 0. The Labute approximate surface area is 104 Å². The maximum atomic E-state index is 13.2. The number of halogens is 2. The first-order valence-electron chi connectivity index (χ1n) is 5.53. The predicted molar refractivity (Wildman–Crippen MR) is 64.0 cm³/mol. The summed E-state index contributed by atoms with van der Waals surface area (Å²) in [6.07, 6.45) is 1.62. The van der Waals surface area contributed by atoms with E-state index in [2.05, 4.69) is 15.3 Å². The molecule has 0 saturated carbocycles. The molecule has 0 spiro atoms. The molecular formula is C13H13F2N3. The first-order chi connectivity index (χ1) is 8.60. The van der Waals surface area contributed by atoms with Crippen molar-refractivity contribution in [2.75, 3.05) is 7.05 Å². The molecule has 0 amide bonds. The minimum Gasteiger partial charge on any atom is -0.308 e. The smallest absolute Gasteiger partial charge is 0.126 e. The van der Waals surface area contributed by atoms with Crippen molar-refractivity contribution in [3.8, 4) is 0 Å². The van der Waals surface area contributed by atoms with E-state index < -0.39 is 11.6 Å². The Kier molecular flexibility index (Phi) is 3.62. The number of aromatic nitrogens is 2. The second-order valence-corrected chi connectivity index (χ2v) is 3.95. The molecule has 94 valence electrons. The van der Waals surface area contributed by atoms with Gasteiger partial charge in [-0.25, -0.2) is 18.7 Å². The lowest BCUT2D eigenvalue weighted by atomic mass is 10.0. The molecule has 2 aromatic rings. The Morgan fingerprint density at radius 3 is 2.39 bits per heavy atom. The Morgan fingerprint density at radius 1 is 1.17 bits per heavy atom. The van der Waals surface area contributed by atoms with Crippen molar-refractivity contribution in [1.82, 2.24) is 15.3 Å². The van der Waals surface area contributed by atoms with Crippen LogP contribution in [0.25, 0.3) is 0 Å². The van der Waals surface area contributed by atoms with Crippen molar-refractivity contribution in [2.45, 2.75) is 13.0 Å². The molecule has 1 aromatic heterocycles. The largest absolute Gasteiger partial charge is 0.308 e. The zero-order valence-electron chi connectivity index (χ0n) is 10.1. The highest BCUT2D eigenvalue weighted by atomic mass is 19.1. The molecule has 1 N–H and O–H groups in total. The number of benzene rings is 1. The van der Waals surface area contributed by atoms with Gasteiger partial charge in [0.25, 0.3) is 0 Å². The molecule has 0 aliphatic heterocycles. The first-order valence-corrected chi connectivity index (χ1v) is 5.53. The first kappa shape index (κ1) is 12.6. The van der Waals surface area contributed by atoms with Crippen LogP contribution >= 0.6 is 0 Å². The van der Waals surface area contributed by atoms with E-state index in [0.717, 1.165) is 6.07 Å². The monoisotopic (exact) mass is 249 g/mol. The van der Waals surface area contributed by atoms with Crippen LogP contribution in [0.5, 0.6) is 0 Å². The van der Waals surface area contributed by atoms with Crippen molar-refractivity contribution in [2.24, 2.45) is 0 Å². The lowest BCUT2D eigenvalue weighted by Gasteiger charge is -2.16. The summed E-state index contributed by atoms with van der Waals surface area (Å²) < 4.78 is 26.4. The summed E-state index contributed by atoms with van der Waals surface area (Å²) in [7, 11) is 1.71. The molecule has 0 bridgehead atoms. The van der Waals surface area contributed by atoms with Gasteiger partial charge in [-0.05, 0) is 37.7 Å². The van der Waals surface area contributed by atoms with Gasteiger partial charge < -0.3 is 5.32 Å². The molecule has 0 aliphatic carbocycles. The van der Waals surface area contributed by atoms with E-state index in [1.165, 1.54) is 12.1 Å². The van der Waals surface area contributed by atoms with Crippen molar-refractivity contribution in [1.29, 1.82) is 0 Å². The van der Waals surface area contributed by atoms with Crippen LogP contribution in [0, 0.1) is 18.6 Å². The van der Waals surface area contributed by atoms with Gasteiger partial charge in [0.1, 0.15) is 17.5 Å². The van der Waals surface area contributed by atoms with Crippen LogP contribution in [-0.2, 0) is 0 Å². The van der Waals surface area contributed by atoms with Crippen LogP contribution in [0.2, 0.25) is 0 Å². The Balaban J connectivity index is 2.45. The highest BCUT2D eigenvalue weighted by Crippen LogP contribution is 2.21. The van der Waals surface area contributed by atoms with Crippen LogP contribution in [0.1, 0.15) is 23.1 Å². The second kappa shape index (κ2) is 5.18. The average Bonchev–Trinajstić information content (AvgIpc) is 2.28. The second-order valence-electron chi connectivity index (χ2n) is 3.95. The highest BCUT2D eigenvalue weighted by molar-refractivity contribution is 5.28. The lowest BCUT2D eigenvalue weighted by molar-refractivity contribution is 0.569. The van der Waals surface area contributed by atoms with Crippen LogP contribution in [0.4, 0.5) is 8.78 Å². The quantitative estimate of drug-likeness (QED) is 0.907. The van der Waals surface area contributed by atoms with Gasteiger partial charge in [-0.15, -0.1) is 0 Å². The third kappa shape index (κ3) is 2.68. The molecule has 0 saturated heterocycles. The third-order valence-electron chi connectivity index (χ3n) is 2.60. The molecule has 1 heterocycles. The zero-order valence-corrected chi connectivity index (χ0v) is 10.1. The lowest BCUT2D eigenvalue weighted by Crippen LogP contribution is -2.19. The fourth-order valence-corrected chi connectivity index (χ4v) is 1.86. The molecule has 0 fully saturated rings. The van der Waals surface area contributed by atoms with Crippen molar-refractivity contribution in [3.63, 3.8) is 0 Å². The Hall–Kier alpha value is -1.88. The van der Waals surface area contributed by atoms with Crippen molar-refractivity contribution >= 4 is 0 Å². The molecular weight excluding hydrogens is 236 g/mol. The van der Waals surface area contributed by atoms with Crippen LogP contribution in [-0.4, -0.2) is 17.0 Å². The molecule has 0 radical (unpaired) electrons. The normalized spacial score (nSPS) is 12.4. The number of hydrogen-bond acceptors (Lipinski definition) is 3. The number of nitrogens with one attached hydrogen (secondary N) is 1. The van der Waals surface area contributed by atoms with Gasteiger partial charge in [-0.2, -0.15) is 0 Å². The van der Waals surface area contributed by atoms with Gasteiger partial charge in [-0.1, -0.05) is 0 Å². The van der Waals surface area contributed by atoms with Gasteiger partial charge in [0.05, 0.1) is 11.7 Å². The molecule has 1 unspecified atom stereocenters. The number of hydrogen-bond donors (Lipinski definition) is 1. The van der Waals surface area contributed by atoms with Crippen LogP contribution in [0.15, 0.2) is 30.5 Å². The topological polar surface area (TPSA) is 37.8 Å². The van der Waals surface area contributed by atoms with Crippen LogP contribution in [0.3, 0.4) is 0 Å². The summed E-state index contributed by atoms with van der Waals surface area (Å²) in [5.41, 5.74) is 1.17. The van der Waals surface area contributed by atoms with E-state index in [1.54, 1.807) is 26.2 Å². The molecule has 1 aromatic carbocycles. The van der Waals surface area contributed by atoms with E-state index in [-0.39, 0.29) is 6.04 Å². The van der Waals surface area contributed by atoms with Crippen molar-refractivity contribution in [3.05, 3.63) is 59.2 Å². The fraction of sp³-hybridized carbons (Fsp3) is 0.231. The van der Waals surface area contributed by atoms with E-state index in [1.807, 2.05) is 0 Å². The van der Waals surface area contributed by atoms with Crippen LogP contribution < -0.4 is 5.32 Å². The number of rotatable bonds is 3. The summed E-state index contributed by atoms with van der Waals surface area (Å²) in [4.78, 5) is 8.26. The van der Waals surface area contributed by atoms with Gasteiger partial charge >= 0.3 is 0 Å². The Bertz CT molecular complexity index is 537. The fourth-order valence-electron chi connectivity index (χ4n) is 1.86. The summed E-state index contributed by atoms with van der Waals surface area (Å²) in [5.74, 6) is -0.586. The van der Waals surface area contributed by atoms with E-state index in [0.29, 0.717) is 17.1 Å². The number of aryl methyl sites for hydroxylation is 1. The maximum absolute atomic E-state index is 13.2. The van der Waals surface area contributed by atoms with E-state index in [9.17, 15) is 8.78 Å².